The van der Waals surface area contributed by atoms with Crippen LogP contribution in [0, 0.1) is 12.8 Å². The zero-order valence-corrected chi connectivity index (χ0v) is 15.9. The molecule has 1 aromatic carbocycles. The summed E-state index contributed by atoms with van der Waals surface area (Å²) in [7, 11) is 2.96. The Morgan fingerprint density at radius 3 is 2.41 bits per heavy atom. The number of amides is 1. The summed E-state index contributed by atoms with van der Waals surface area (Å²) in [5.41, 5.74) is 0.300. The Labute approximate surface area is 156 Å². The van der Waals surface area contributed by atoms with Crippen LogP contribution in [0.1, 0.15) is 25.0 Å². The molecule has 0 aliphatic carbocycles. The van der Waals surface area contributed by atoms with E-state index in [1.54, 1.807) is 32.9 Å². The molecule has 2 N–H and O–H groups in total. The lowest BCUT2D eigenvalue weighted by Gasteiger charge is -2.18. The Balaban J connectivity index is 2.46. The molecule has 8 heteroatoms. The highest BCUT2D eigenvalue weighted by Crippen LogP contribution is 2.33. The van der Waals surface area contributed by atoms with Gasteiger partial charge in [0.25, 0.3) is 0 Å². The van der Waals surface area contributed by atoms with E-state index in [0.29, 0.717) is 22.4 Å². The summed E-state index contributed by atoms with van der Waals surface area (Å²) in [6.45, 7) is 5.06. The molecule has 0 radical (unpaired) electrons. The standard InChI is InChI=1S/C19H23NO7/c1-9(2)17(18(22)23)20-15(21)8-12-10(3)16-13(26-5)6-11(25-4)7-14(16)27-19(12)24/h6-7,9,17H,8H2,1-5H3,(H,20,21)(H,22,23)/t17-/m0/s1. The number of carbonyl (C=O) groups excluding carboxylic acids is 1. The number of carboxylic acid groups (broad SMARTS) is 1. The smallest absolute Gasteiger partial charge is 0.340 e. The van der Waals surface area contributed by atoms with E-state index in [9.17, 15) is 19.5 Å². The molecule has 0 saturated heterocycles. The first kappa shape index (κ1) is 20.3. The monoisotopic (exact) mass is 377 g/mol. The SMILES string of the molecule is COc1cc(OC)c2c(C)c(CC(=O)N[C@H](C(=O)O)C(C)C)c(=O)oc2c1. The maximum atomic E-state index is 12.4. The van der Waals surface area contributed by atoms with Crippen molar-refractivity contribution in [2.75, 3.05) is 14.2 Å². The molecular formula is C19H23NO7. The number of carbonyl (C=O) groups is 2. The number of rotatable bonds is 7. The number of hydrogen-bond acceptors (Lipinski definition) is 6. The minimum Gasteiger partial charge on any atom is -0.496 e. The van der Waals surface area contributed by atoms with E-state index in [0.717, 1.165) is 0 Å². The van der Waals surface area contributed by atoms with Crippen molar-refractivity contribution in [1.29, 1.82) is 0 Å². The topological polar surface area (TPSA) is 115 Å². The molecule has 2 rings (SSSR count). The van der Waals surface area contributed by atoms with E-state index in [2.05, 4.69) is 5.32 Å². The number of nitrogens with one attached hydrogen (secondary N) is 1. The molecule has 1 amide bonds. The minimum absolute atomic E-state index is 0.149. The quantitative estimate of drug-likeness (QED) is 0.708. The fraction of sp³-hybridized carbons (Fsp3) is 0.421. The highest BCUT2D eigenvalue weighted by atomic mass is 16.5. The summed E-state index contributed by atoms with van der Waals surface area (Å²) in [5, 5.41) is 12.2. The maximum Gasteiger partial charge on any atom is 0.340 e. The van der Waals surface area contributed by atoms with Crippen molar-refractivity contribution in [3.63, 3.8) is 0 Å². The Bertz CT molecular complexity index is 930. The Kier molecular flexibility index (Phi) is 6.09. The van der Waals surface area contributed by atoms with E-state index < -0.39 is 23.5 Å². The lowest BCUT2D eigenvalue weighted by Crippen LogP contribution is -2.45. The van der Waals surface area contributed by atoms with Crippen LogP contribution in [-0.4, -0.2) is 37.2 Å². The second-order valence-electron chi connectivity index (χ2n) is 6.50. The van der Waals surface area contributed by atoms with Crippen molar-refractivity contribution in [2.24, 2.45) is 5.92 Å². The molecular weight excluding hydrogens is 354 g/mol. The summed E-state index contributed by atoms with van der Waals surface area (Å²) in [5.74, 6) is -1.09. The molecule has 1 heterocycles. The summed E-state index contributed by atoms with van der Waals surface area (Å²) in [4.78, 5) is 36.0. The summed E-state index contributed by atoms with van der Waals surface area (Å²) in [6, 6.07) is 2.18. The molecule has 1 atom stereocenters. The minimum atomic E-state index is -1.13. The molecule has 0 fully saturated rings. The van der Waals surface area contributed by atoms with Crippen LogP contribution in [0.5, 0.6) is 11.5 Å². The Morgan fingerprint density at radius 1 is 1.22 bits per heavy atom. The molecule has 0 spiro atoms. The van der Waals surface area contributed by atoms with E-state index >= 15 is 0 Å². The van der Waals surface area contributed by atoms with Crippen LogP contribution in [0.2, 0.25) is 0 Å². The van der Waals surface area contributed by atoms with E-state index in [1.807, 2.05) is 0 Å². The van der Waals surface area contributed by atoms with Gasteiger partial charge in [-0.25, -0.2) is 9.59 Å². The van der Waals surface area contributed by atoms with Crippen molar-refractivity contribution >= 4 is 22.8 Å². The molecule has 1 aromatic heterocycles. The second-order valence-corrected chi connectivity index (χ2v) is 6.50. The van der Waals surface area contributed by atoms with Gasteiger partial charge in [0.2, 0.25) is 5.91 Å². The summed E-state index contributed by atoms with van der Waals surface area (Å²) in [6.07, 6.45) is -0.296. The van der Waals surface area contributed by atoms with Gasteiger partial charge < -0.3 is 24.3 Å². The van der Waals surface area contributed by atoms with Gasteiger partial charge in [-0.2, -0.15) is 0 Å². The van der Waals surface area contributed by atoms with Gasteiger partial charge in [0, 0.05) is 12.1 Å². The number of aryl methyl sites for hydroxylation is 1. The van der Waals surface area contributed by atoms with Crippen molar-refractivity contribution in [3.05, 3.63) is 33.7 Å². The molecule has 2 aromatic rings. The van der Waals surface area contributed by atoms with Gasteiger partial charge in [0.05, 0.1) is 31.6 Å². The molecule has 0 unspecified atom stereocenters. The fourth-order valence-corrected chi connectivity index (χ4v) is 2.86. The zero-order chi connectivity index (χ0) is 20.3. The van der Waals surface area contributed by atoms with E-state index in [1.165, 1.54) is 14.2 Å². The van der Waals surface area contributed by atoms with E-state index in [-0.39, 0.29) is 23.5 Å². The van der Waals surface area contributed by atoms with Crippen molar-refractivity contribution in [3.8, 4) is 11.5 Å². The van der Waals surface area contributed by atoms with Crippen LogP contribution >= 0.6 is 0 Å². The Morgan fingerprint density at radius 2 is 1.89 bits per heavy atom. The van der Waals surface area contributed by atoms with Crippen LogP contribution in [0.4, 0.5) is 0 Å². The zero-order valence-electron chi connectivity index (χ0n) is 15.9. The van der Waals surface area contributed by atoms with Gasteiger partial charge in [-0.1, -0.05) is 13.8 Å². The first-order valence-electron chi connectivity index (χ1n) is 8.40. The van der Waals surface area contributed by atoms with Crippen LogP contribution in [0.25, 0.3) is 11.0 Å². The number of ether oxygens (including phenoxy) is 2. The van der Waals surface area contributed by atoms with Gasteiger partial charge in [0.15, 0.2) is 0 Å². The highest BCUT2D eigenvalue weighted by Gasteiger charge is 2.25. The second kappa shape index (κ2) is 8.11. The van der Waals surface area contributed by atoms with Crippen LogP contribution in [0.15, 0.2) is 21.3 Å². The summed E-state index contributed by atoms with van der Waals surface area (Å²) < 4.78 is 15.9. The van der Waals surface area contributed by atoms with Gasteiger partial charge in [-0.15, -0.1) is 0 Å². The Hall–Kier alpha value is -3.03. The third kappa shape index (κ3) is 4.21. The van der Waals surface area contributed by atoms with Gasteiger partial charge in [-0.05, 0) is 18.4 Å². The predicted molar refractivity (Wildman–Crippen MR) is 98.4 cm³/mol. The third-order valence-corrected chi connectivity index (χ3v) is 4.36. The molecule has 0 aliphatic rings. The van der Waals surface area contributed by atoms with Gasteiger partial charge in [-0.3, -0.25) is 4.79 Å². The number of benzene rings is 1. The molecule has 146 valence electrons. The normalized spacial score (nSPS) is 12.1. The number of carboxylic acids is 1. The van der Waals surface area contributed by atoms with Crippen molar-refractivity contribution in [2.45, 2.75) is 33.2 Å². The van der Waals surface area contributed by atoms with Crippen molar-refractivity contribution < 1.29 is 28.6 Å². The van der Waals surface area contributed by atoms with Crippen molar-refractivity contribution in [1.82, 2.24) is 5.32 Å². The molecule has 0 bridgehead atoms. The highest BCUT2D eigenvalue weighted by molar-refractivity contribution is 5.91. The molecule has 0 saturated carbocycles. The first-order valence-corrected chi connectivity index (χ1v) is 8.40. The summed E-state index contributed by atoms with van der Waals surface area (Å²) >= 11 is 0. The lowest BCUT2D eigenvalue weighted by molar-refractivity contribution is -0.143. The fourth-order valence-electron chi connectivity index (χ4n) is 2.86. The lowest BCUT2D eigenvalue weighted by atomic mass is 10.0. The predicted octanol–water partition coefficient (Wildman–Crippen LogP) is 1.89. The third-order valence-electron chi connectivity index (χ3n) is 4.36. The average Bonchev–Trinajstić information content (AvgIpc) is 2.61. The van der Waals surface area contributed by atoms with Crippen LogP contribution < -0.4 is 20.4 Å². The molecule has 27 heavy (non-hydrogen) atoms. The van der Waals surface area contributed by atoms with Crippen LogP contribution in [-0.2, 0) is 16.0 Å². The number of fused-ring (bicyclic) bond motifs is 1. The van der Waals surface area contributed by atoms with Crippen LogP contribution in [0.3, 0.4) is 0 Å². The van der Waals surface area contributed by atoms with Gasteiger partial charge in [0.1, 0.15) is 23.1 Å². The largest absolute Gasteiger partial charge is 0.496 e. The number of hydrogen-bond donors (Lipinski definition) is 2. The first-order chi connectivity index (χ1) is 12.7. The molecule has 8 nitrogen and oxygen atoms in total. The molecule has 0 aliphatic heterocycles. The number of aliphatic carboxylic acids is 1. The van der Waals surface area contributed by atoms with E-state index in [4.69, 9.17) is 13.9 Å². The number of methoxy groups -OCH3 is 2. The average molecular weight is 377 g/mol. The maximum absolute atomic E-state index is 12.4. The van der Waals surface area contributed by atoms with Gasteiger partial charge >= 0.3 is 11.6 Å².